The van der Waals surface area contributed by atoms with E-state index >= 15 is 0 Å². The monoisotopic (exact) mass is 382 g/mol. The van der Waals surface area contributed by atoms with Gasteiger partial charge in [0.1, 0.15) is 11.6 Å². The maximum absolute atomic E-state index is 12.8. The van der Waals surface area contributed by atoms with E-state index in [1.165, 1.54) is 0 Å². The maximum Gasteiger partial charge on any atom is 0.259 e. The Bertz CT molecular complexity index is 843. The Kier molecular flexibility index (Phi) is 6.23. The van der Waals surface area contributed by atoms with Gasteiger partial charge < -0.3 is 15.0 Å². The van der Waals surface area contributed by atoms with Crippen molar-refractivity contribution in [2.24, 2.45) is 5.92 Å². The second-order valence-electron chi connectivity index (χ2n) is 7.11. The zero-order valence-electron chi connectivity index (χ0n) is 16.6. The van der Waals surface area contributed by atoms with Crippen LogP contribution in [-0.4, -0.2) is 46.9 Å². The summed E-state index contributed by atoms with van der Waals surface area (Å²) in [6.45, 7) is 4.96. The number of hydrogen-bond acceptors (Lipinski definition) is 5. The molecule has 1 aliphatic heterocycles. The number of benzene rings is 1. The molecule has 7 nitrogen and oxygen atoms in total. The van der Waals surface area contributed by atoms with E-state index in [1.54, 1.807) is 44.5 Å². The van der Waals surface area contributed by atoms with Crippen LogP contribution in [0.2, 0.25) is 0 Å². The van der Waals surface area contributed by atoms with Gasteiger partial charge in [-0.1, -0.05) is 0 Å². The van der Waals surface area contributed by atoms with Gasteiger partial charge >= 0.3 is 0 Å². The zero-order valence-corrected chi connectivity index (χ0v) is 16.6. The second kappa shape index (κ2) is 8.82. The quantitative estimate of drug-likeness (QED) is 0.860. The topological polar surface area (TPSA) is 84.4 Å². The minimum atomic E-state index is -0.221. The zero-order chi connectivity index (χ0) is 20.1. The Balaban J connectivity index is 1.71. The molecular weight excluding hydrogens is 356 g/mol. The summed E-state index contributed by atoms with van der Waals surface area (Å²) in [6, 6.07) is 7.18. The molecule has 1 saturated heterocycles. The van der Waals surface area contributed by atoms with E-state index in [4.69, 9.17) is 4.74 Å². The van der Waals surface area contributed by atoms with E-state index in [0.29, 0.717) is 29.4 Å². The van der Waals surface area contributed by atoms with Gasteiger partial charge in [0.15, 0.2) is 0 Å². The number of hydrogen-bond donors (Lipinski definition) is 1. The Labute approximate surface area is 165 Å². The molecule has 1 fully saturated rings. The first-order valence-electron chi connectivity index (χ1n) is 9.49. The van der Waals surface area contributed by atoms with Crippen LogP contribution < -0.4 is 10.1 Å². The molecule has 7 heteroatoms. The van der Waals surface area contributed by atoms with Crippen LogP contribution in [0.15, 0.2) is 30.5 Å². The van der Waals surface area contributed by atoms with Gasteiger partial charge in [0.2, 0.25) is 5.91 Å². The van der Waals surface area contributed by atoms with Crippen LogP contribution in [0.3, 0.4) is 0 Å². The molecule has 2 heterocycles. The van der Waals surface area contributed by atoms with Crippen LogP contribution in [0.25, 0.3) is 0 Å². The highest BCUT2D eigenvalue weighted by Gasteiger charge is 2.24. The number of amides is 2. The van der Waals surface area contributed by atoms with Crippen LogP contribution in [0, 0.1) is 12.8 Å². The van der Waals surface area contributed by atoms with Gasteiger partial charge in [0.25, 0.3) is 5.91 Å². The Morgan fingerprint density at radius 1 is 1.21 bits per heavy atom. The Morgan fingerprint density at radius 2 is 1.89 bits per heavy atom. The fourth-order valence-corrected chi connectivity index (χ4v) is 3.46. The van der Waals surface area contributed by atoms with Gasteiger partial charge in [-0.3, -0.25) is 9.59 Å². The summed E-state index contributed by atoms with van der Waals surface area (Å²) in [4.78, 5) is 34.9. The van der Waals surface area contributed by atoms with Crippen molar-refractivity contribution < 1.29 is 14.3 Å². The number of carbonyl (C=O) groups excluding carboxylic acids is 2. The number of aromatic nitrogens is 2. The number of nitrogens with zero attached hydrogens (tertiary/aromatic N) is 3. The highest BCUT2D eigenvalue weighted by Crippen LogP contribution is 2.23. The molecule has 0 aliphatic carbocycles. The number of carbonyl (C=O) groups is 2. The molecule has 1 N–H and O–H groups in total. The van der Waals surface area contributed by atoms with Crippen molar-refractivity contribution in [3.8, 4) is 5.75 Å². The number of aryl methyl sites for hydroxylation is 1. The lowest BCUT2D eigenvalue weighted by Crippen LogP contribution is -2.37. The third kappa shape index (κ3) is 4.85. The van der Waals surface area contributed by atoms with Gasteiger partial charge in [0, 0.05) is 31.9 Å². The number of ether oxygens (including phenoxy) is 1. The van der Waals surface area contributed by atoms with Crippen LogP contribution in [0.4, 0.5) is 5.69 Å². The molecular formula is C21H26N4O3. The van der Waals surface area contributed by atoms with E-state index in [0.717, 1.165) is 37.4 Å². The van der Waals surface area contributed by atoms with E-state index in [9.17, 15) is 9.59 Å². The molecule has 0 radical (unpaired) electrons. The van der Waals surface area contributed by atoms with Gasteiger partial charge in [0.05, 0.1) is 18.4 Å². The summed E-state index contributed by atoms with van der Waals surface area (Å²) in [5.74, 6) is 1.68. The highest BCUT2D eigenvalue weighted by molar-refractivity contribution is 6.04. The molecule has 2 amide bonds. The van der Waals surface area contributed by atoms with Gasteiger partial charge in [-0.15, -0.1) is 0 Å². The standard InChI is InChI=1S/C21H26N4O3/c1-14-22-13-19(21(27)24-17-4-6-18(28-3)7-5-17)20(23-14)12-16-8-10-25(11-9-16)15(2)26/h4-7,13,16H,8-12H2,1-3H3,(H,24,27). The summed E-state index contributed by atoms with van der Waals surface area (Å²) in [5.41, 5.74) is 1.95. The molecule has 148 valence electrons. The first kappa shape index (κ1) is 19.8. The first-order chi connectivity index (χ1) is 13.5. The molecule has 1 aliphatic rings. The molecule has 1 aromatic heterocycles. The van der Waals surface area contributed by atoms with Crippen LogP contribution in [-0.2, 0) is 11.2 Å². The Morgan fingerprint density at radius 3 is 2.50 bits per heavy atom. The molecule has 0 saturated carbocycles. The SMILES string of the molecule is COc1ccc(NC(=O)c2cnc(C)nc2CC2CCN(C(C)=O)CC2)cc1. The van der Waals surface area contributed by atoms with Crippen molar-refractivity contribution in [3.63, 3.8) is 0 Å². The summed E-state index contributed by atoms with van der Waals surface area (Å²) in [7, 11) is 1.60. The van der Waals surface area contributed by atoms with Crippen molar-refractivity contribution in [2.75, 3.05) is 25.5 Å². The smallest absolute Gasteiger partial charge is 0.259 e. The van der Waals surface area contributed by atoms with Gasteiger partial charge in [-0.05, 0) is 56.4 Å². The molecule has 28 heavy (non-hydrogen) atoms. The fourth-order valence-electron chi connectivity index (χ4n) is 3.46. The molecule has 0 spiro atoms. The lowest BCUT2D eigenvalue weighted by molar-refractivity contribution is -0.130. The average Bonchev–Trinajstić information content (AvgIpc) is 2.69. The maximum atomic E-state index is 12.8. The predicted molar refractivity (Wildman–Crippen MR) is 106 cm³/mol. The number of nitrogens with one attached hydrogen (secondary N) is 1. The molecule has 0 bridgehead atoms. The normalized spacial score (nSPS) is 14.6. The molecule has 0 unspecified atom stereocenters. The van der Waals surface area contributed by atoms with E-state index in [1.807, 2.05) is 11.8 Å². The number of methoxy groups -OCH3 is 1. The lowest BCUT2D eigenvalue weighted by atomic mass is 9.90. The number of rotatable bonds is 5. The van der Waals surface area contributed by atoms with Crippen molar-refractivity contribution in [1.29, 1.82) is 0 Å². The van der Waals surface area contributed by atoms with Crippen molar-refractivity contribution >= 4 is 17.5 Å². The van der Waals surface area contributed by atoms with Crippen LogP contribution in [0.1, 0.15) is 41.6 Å². The number of likely N-dealkylation sites (tertiary alicyclic amines) is 1. The Hall–Kier alpha value is -2.96. The highest BCUT2D eigenvalue weighted by atomic mass is 16.5. The lowest BCUT2D eigenvalue weighted by Gasteiger charge is -2.31. The van der Waals surface area contributed by atoms with Crippen molar-refractivity contribution in [3.05, 3.63) is 47.5 Å². The summed E-state index contributed by atoms with van der Waals surface area (Å²) >= 11 is 0. The van der Waals surface area contributed by atoms with Crippen LogP contribution >= 0.6 is 0 Å². The summed E-state index contributed by atoms with van der Waals surface area (Å²) in [6.07, 6.45) is 4.14. The molecule has 0 atom stereocenters. The first-order valence-corrected chi connectivity index (χ1v) is 9.49. The second-order valence-corrected chi connectivity index (χ2v) is 7.11. The van der Waals surface area contributed by atoms with Crippen molar-refractivity contribution in [1.82, 2.24) is 14.9 Å². The molecule has 1 aromatic carbocycles. The minimum absolute atomic E-state index is 0.121. The fraction of sp³-hybridized carbons (Fsp3) is 0.429. The van der Waals surface area contributed by atoms with E-state index in [2.05, 4.69) is 15.3 Å². The summed E-state index contributed by atoms with van der Waals surface area (Å²) < 4.78 is 5.14. The average molecular weight is 382 g/mol. The van der Waals surface area contributed by atoms with E-state index < -0.39 is 0 Å². The third-order valence-electron chi connectivity index (χ3n) is 5.12. The number of anilines is 1. The number of piperidine rings is 1. The molecule has 2 aromatic rings. The van der Waals surface area contributed by atoms with Crippen LogP contribution in [0.5, 0.6) is 5.75 Å². The van der Waals surface area contributed by atoms with Crippen molar-refractivity contribution in [2.45, 2.75) is 33.1 Å². The van der Waals surface area contributed by atoms with E-state index in [-0.39, 0.29) is 11.8 Å². The van der Waals surface area contributed by atoms with Gasteiger partial charge in [-0.25, -0.2) is 9.97 Å². The van der Waals surface area contributed by atoms with Gasteiger partial charge in [-0.2, -0.15) is 0 Å². The largest absolute Gasteiger partial charge is 0.497 e. The predicted octanol–water partition coefficient (Wildman–Crippen LogP) is 2.85. The third-order valence-corrected chi connectivity index (χ3v) is 5.12. The summed E-state index contributed by atoms with van der Waals surface area (Å²) in [5, 5.41) is 2.90. The molecule has 3 rings (SSSR count). The minimum Gasteiger partial charge on any atom is -0.497 e.